The molecule has 0 bridgehead atoms. The maximum Gasteiger partial charge on any atom is -0.0493 e. The number of aryl methyl sites for hydroxylation is 6. The summed E-state index contributed by atoms with van der Waals surface area (Å²) in [6.45, 7) is 0. The molecular formula is C20H24Cl2Ti-2. The van der Waals surface area contributed by atoms with Crippen molar-refractivity contribution in [3.63, 3.8) is 0 Å². The van der Waals surface area contributed by atoms with Gasteiger partial charge in [-0.25, -0.2) is 12.1 Å². The van der Waals surface area contributed by atoms with Crippen molar-refractivity contribution in [1.82, 2.24) is 0 Å². The molecule has 2 aliphatic rings. The van der Waals surface area contributed by atoms with Crippen LogP contribution in [0, 0.1) is 0 Å². The van der Waals surface area contributed by atoms with Crippen LogP contribution in [0.25, 0.3) is 0 Å². The number of rotatable bonds is 3. The van der Waals surface area contributed by atoms with E-state index in [0.29, 0.717) is 0 Å². The predicted molar refractivity (Wildman–Crippen MR) is 96.5 cm³/mol. The van der Waals surface area contributed by atoms with Gasteiger partial charge < -0.3 is 0 Å². The number of hydrogen-bond acceptors (Lipinski definition) is 0. The average molecular weight is 383 g/mol. The van der Waals surface area contributed by atoms with Crippen LogP contribution in [0.2, 0.25) is 0 Å². The molecule has 0 fully saturated rings. The quantitative estimate of drug-likeness (QED) is 0.448. The van der Waals surface area contributed by atoms with E-state index in [2.05, 4.69) is 24.3 Å². The summed E-state index contributed by atoms with van der Waals surface area (Å²) in [5, 5.41) is 0. The second-order valence-corrected chi connectivity index (χ2v) is 9.39. The molecule has 0 aromatic heterocycles. The van der Waals surface area contributed by atoms with Crippen LogP contribution < -0.4 is 0 Å². The molecule has 124 valence electrons. The van der Waals surface area contributed by atoms with Crippen molar-refractivity contribution in [2.75, 3.05) is 0 Å². The van der Waals surface area contributed by atoms with Crippen molar-refractivity contribution in [3.05, 3.63) is 57.6 Å². The van der Waals surface area contributed by atoms with Crippen molar-refractivity contribution < 1.29 is 17.0 Å². The van der Waals surface area contributed by atoms with Crippen molar-refractivity contribution in [2.45, 2.75) is 64.2 Å². The van der Waals surface area contributed by atoms with Gasteiger partial charge in [0.25, 0.3) is 0 Å². The smallest absolute Gasteiger partial charge is 0.0493 e. The van der Waals surface area contributed by atoms with Crippen LogP contribution in [0.4, 0.5) is 0 Å². The molecule has 3 heteroatoms. The van der Waals surface area contributed by atoms with Crippen molar-refractivity contribution in [1.29, 1.82) is 0 Å². The van der Waals surface area contributed by atoms with Crippen LogP contribution >= 0.6 is 18.6 Å². The fraction of sp³-hybridized carbons (Fsp3) is 0.500. The van der Waals surface area contributed by atoms with Gasteiger partial charge in [-0.1, -0.05) is 51.4 Å². The van der Waals surface area contributed by atoms with Crippen LogP contribution in [-0.2, 0) is 55.6 Å². The van der Waals surface area contributed by atoms with Gasteiger partial charge in [-0.2, -0.15) is 45.5 Å². The summed E-state index contributed by atoms with van der Waals surface area (Å²) in [7, 11) is 9.78. The second-order valence-electron chi connectivity index (χ2n) is 6.81. The molecule has 0 amide bonds. The molecule has 0 N–H and O–H groups in total. The Morgan fingerprint density at radius 3 is 1.52 bits per heavy atom. The Morgan fingerprint density at radius 1 is 0.739 bits per heavy atom. The standard InChI is InChI=1S/C20H24.2ClH.Ti/c1-2-6-18-12-15(11-17(18)5-1)9-10-16-13-19-7-3-4-8-20(19)14-16;;;/h11-14H,1-10H2;2*1H;/q-2;;;+2/p-2. The first-order valence-corrected chi connectivity index (χ1v) is 13.1. The van der Waals surface area contributed by atoms with Gasteiger partial charge in [0.05, 0.1) is 0 Å². The van der Waals surface area contributed by atoms with Gasteiger partial charge in [0.2, 0.25) is 0 Å². The summed E-state index contributed by atoms with van der Waals surface area (Å²) in [6.07, 6.45) is 13.3. The molecular weight excluding hydrogens is 359 g/mol. The molecule has 0 nitrogen and oxygen atoms in total. The molecule has 0 aliphatic heterocycles. The van der Waals surface area contributed by atoms with E-state index in [1.165, 1.54) is 64.2 Å². The van der Waals surface area contributed by atoms with E-state index in [1.54, 1.807) is 33.4 Å². The van der Waals surface area contributed by atoms with E-state index in [9.17, 15) is 0 Å². The Hall–Kier alpha value is -0.00571. The largest absolute Gasteiger partial charge is 0.207 e. The third-order valence-electron chi connectivity index (χ3n) is 5.25. The minimum atomic E-state index is -0.556. The predicted octanol–water partition coefficient (Wildman–Crippen LogP) is 6.04. The number of hydrogen-bond donors (Lipinski definition) is 0. The van der Waals surface area contributed by atoms with Gasteiger partial charge in [0.15, 0.2) is 0 Å². The fourth-order valence-corrected chi connectivity index (χ4v) is 4.12. The van der Waals surface area contributed by atoms with Gasteiger partial charge in [0, 0.05) is 0 Å². The molecule has 2 aliphatic carbocycles. The van der Waals surface area contributed by atoms with Crippen molar-refractivity contribution in [2.24, 2.45) is 0 Å². The zero-order chi connectivity index (χ0) is 16.1. The topological polar surface area (TPSA) is 0 Å². The molecule has 0 atom stereocenters. The Balaban J connectivity index is 0.000000485. The van der Waals surface area contributed by atoms with E-state index >= 15 is 0 Å². The van der Waals surface area contributed by atoms with Gasteiger partial charge in [0.1, 0.15) is 0 Å². The Bertz CT molecular complexity index is 522. The maximum absolute atomic E-state index is 4.89. The molecule has 2 aromatic rings. The maximum atomic E-state index is 4.89. The first-order valence-electron chi connectivity index (χ1n) is 8.81. The van der Waals surface area contributed by atoms with Crippen LogP contribution in [0.3, 0.4) is 0 Å². The first kappa shape index (κ1) is 17.8. The number of halogens is 2. The van der Waals surface area contributed by atoms with Gasteiger partial charge in [-0.05, 0) is 12.8 Å². The Labute approximate surface area is 157 Å². The zero-order valence-electron chi connectivity index (χ0n) is 13.6. The van der Waals surface area contributed by atoms with Gasteiger partial charge in [-0.3, -0.25) is 0 Å². The van der Waals surface area contributed by atoms with Crippen molar-refractivity contribution >= 4 is 18.6 Å². The van der Waals surface area contributed by atoms with Gasteiger partial charge >= 0.3 is 35.6 Å². The Morgan fingerprint density at radius 2 is 1.13 bits per heavy atom. The molecule has 0 saturated heterocycles. The van der Waals surface area contributed by atoms with E-state index in [1.807, 2.05) is 0 Å². The van der Waals surface area contributed by atoms with Crippen LogP contribution in [0.5, 0.6) is 0 Å². The molecule has 4 rings (SSSR count). The fourth-order valence-electron chi connectivity index (χ4n) is 4.12. The summed E-state index contributed by atoms with van der Waals surface area (Å²) in [5.41, 5.74) is 9.74. The summed E-state index contributed by atoms with van der Waals surface area (Å²) >= 11 is -0.556. The third-order valence-corrected chi connectivity index (χ3v) is 5.25. The summed E-state index contributed by atoms with van der Waals surface area (Å²) in [6, 6.07) is 9.93. The summed E-state index contributed by atoms with van der Waals surface area (Å²) < 4.78 is 0. The Kier molecular flexibility index (Phi) is 6.89. The summed E-state index contributed by atoms with van der Waals surface area (Å²) in [4.78, 5) is 0. The molecule has 0 saturated carbocycles. The second kappa shape index (κ2) is 8.91. The zero-order valence-corrected chi connectivity index (χ0v) is 16.7. The average Bonchev–Trinajstić information content (AvgIpc) is 3.16. The van der Waals surface area contributed by atoms with E-state index in [-0.39, 0.29) is 0 Å². The van der Waals surface area contributed by atoms with Crippen LogP contribution in [-0.4, -0.2) is 0 Å². The molecule has 0 spiro atoms. The van der Waals surface area contributed by atoms with Crippen LogP contribution in [0.1, 0.15) is 59.1 Å². The molecule has 0 unspecified atom stereocenters. The normalized spacial score (nSPS) is 16.1. The van der Waals surface area contributed by atoms with E-state index in [4.69, 9.17) is 18.6 Å². The van der Waals surface area contributed by atoms with E-state index < -0.39 is 17.0 Å². The molecule has 0 radical (unpaired) electrons. The first-order chi connectivity index (χ1) is 11.3. The summed E-state index contributed by atoms with van der Waals surface area (Å²) in [5.74, 6) is 0. The van der Waals surface area contributed by atoms with Crippen LogP contribution in [0.15, 0.2) is 24.3 Å². The third kappa shape index (κ3) is 4.76. The molecule has 23 heavy (non-hydrogen) atoms. The molecule has 0 heterocycles. The monoisotopic (exact) mass is 382 g/mol. The molecule has 2 aromatic carbocycles. The minimum Gasteiger partial charge on any atom is -0.207 e. The SMILES string of the molecule is [Cl][Ti][Cl].c1c(CCc2cc3c([cH-]2)CCCC3)[cH-]c2c1CCCC2. The minimum absolute atomic E-state index is 0.556. The number of fused-ring (bicyclic) bond motifs is 2. The van der Waals surface area contributed by atoms with E-state index in [0.717, 1.165) is 0 Å². The van der Waals surface area contributed by atoms with Crippen molar-refractivity contribution in [3.8, 4) is 0 Å². The van der Waals surface area contributed by atoms with Gasteiger partial charge in [-0.15, -0.1) is 0 Å².